The van der Waals surface area contributed by atoms with Gasteiger partial charge in [-0.05, 0) is 25.0 Å². The van der Waals surface area contributed by atoms with E-state index in [1.54, 1.807) is 6.07 Å². The van der Waals surface area contributed by atoms with Gasteiger partial charge in [0.15, 0.2) is 0 Å². The number of fused-ring (bicyclic) bond motifs is 1. The van der Waals surface area contributed by atoms with E-state index < -0.39 is 17.2 Å². The van der Waals surface area contributed by atoms with E-state index in [4.69, 9.17) is 0 Å². The molecule has 0 spiro atoms. The van der Waals surface area contributed by atoms with E-state index in [2.05, 4.69) is 5.32 Å². The molecule has 1 radical (unpaired) electrons. The van der Waals surface area contributed by atoms with E-state index >= 15 is 0 Å². The first-order chi connectivity index (χ1) is 11.6. The molecule has 1 aliphatic carbocycles. The number of pyridine rings is 1. The first-order valence-corrected chi connectivity index (χ1v) is 8.13. The van der Waals surface area contributed by atoms with Crippen molar-refractivity contribution in [1.82, 2.24) is 9.88 Å². The number of nitrogens with zero attached hydrogens (tertiary/aromatic N) is 2. The van der Waals surface area contributed by atoms with Crippen molar-refractivity contribution in [2.24, 2.45) is 0 Å². The van der Waals surface area contributed by atoms with E-state index in [1.165, 1.54) is 12.3 Å². The van der Waals surface area contributed by atoms with Gasteiger partial charge in [0.05, 0.1) is 11.2 Å². The fraction of sp³-hybridized carbons (Fsp3) is 0.412. The Labute approximate surface area is 165 Å². The third-order valence-corrected chi connectivity index (χ3v) is 4.73. The van der Waals surface area contributed by atoms with Crippen molar-refractivity contribution < 1.29 is 14.3 Å². The second-order valence-electron chi connectivity index (χ2n) is 6.37. The molecule has 2 aromatic rings. The molecule has 2 heterocycles. The minimum Gasteiger partial charge on any atom is -0.477 e. The number of rotatable bonds is 3. The Morgan fingerprint density at radius 2 is 1.92 bits per heavy atom. The van der Waals surface area contributed by atoms with Crippen LogP contribution in [0.5, 0.6) is 0 Å². The monoisotopic (exact) mass is 354 g/mol. The molecule has 2 aliphatic rings. The maximum atomic E-state index is 14.6. The van der Waals surface area contributed by atoms with Gasteiger partial charge in [0.25, 0.3) is 0 Å². The molecule has 127 valence electrons. The van der Waals surface area contributed by atoms with Crippen LogP contribution in [0, 0.1) is 5.82 Å². The number of carboxylic acid groups (broad SMARTS) is 1. The second kappa shape index (κ2) is 7.07. The summed E-state index contributed by atoms with van der Waals surface area (Å²) in [5.74, 6) is -1.76. The summed E-state index contributed by atoms with van der Waals surface area (Å²) in [5, 5.41) is 12.6. The first-order valence-electron chi connectivity index (χ1n) is 8.13. The Hall–Kier alpha value is -1.41. The number of benzene rings is 1. The quantitative estimate of drug-likeness (QED) is 0.811. The summed E-state index contributed by atoms with van der Waals surface area (Å²) in [5.41, 5.74) is 0.159. The van der Waals surface area contributed by atoms with Crippen LogP contribution in [0.3, 0.4) is 0 Å². The van der Waals surface area contributed by atoms with Gasteiger partial charge in [-0.25, -0.2) is 9.18 Å². The zero-order valence-electron chi connectivity index (χ0n) is 14.1. The summed E-state index contributed by atoms with van der Waals surface area (Å²) in [6, 6.07) is 3.08. The van der Waals surface area contributed by atoms with Crippen molar-refractivity contribution >= 4 is 52.1 Å². The van der Waals surface area contributed by atoms with Crippen molar-refractivity contribution in [3.8, 4) is 0 Å². The SMILES string of the molecule is O=C(O)c1cn(C2CC2)c2cc(N3CCNCC3)c(F)cc2c1=O.[Na]. The molecule has 8 heteroatoms. The van der Waals surface area contributed by atoms with Crippen LogP contribution in [0.4, 0.5) is 10.1 Å². The van der Waals surface area contributed by atoms with Gasteiger partial charge in [0.1, 0.15) is 11.4 Å². The van der Waals surface area contributed by atoms with Crippen LogP contribution in [-0.2, 0) is 0 Å². The molecular formula is C17H18FN3NaO3. The zero-order valence-corrected chi connectivity index (χ0v) is 16.1. The maximum Gasteiger partial charge on any atom is 0.341 e. The van der Waals surface area contributed by atoms with Crippen molar-refractivity contribution in [1.29, 1.82) is 0 Å². The molecule has 1 aromatic heterocycles. The van der Waals surface area contributed by atoms with Gasteiger partial charge in [-0.2, -0.15) is 0 Å². The van der Waals surface area contributed by atoms with Crippen LogP contribution in [0.25, 0.3) is 10.9 Å². The van der Waals surface area contributed by atoms with Crippen molar-refractivity contribution in [2.75, 3.05) is 31.1 Å². The Balaban J connectivity index is 0.00000182. The Morgan fingerprint density at radius 1 is 1.24 bits per heavy atom. The standard InChI is InChI=1S/C17H18FN3O3.Na/c18-13-7-11-14(8-15(13)20-5-3-19-4-6-20)21(10-1-2-10)9-12(16(11)22)17(23)24;/h7-10,19H,1-6H2,(H,23,24);. The van der Waals surface area contributed by atoms with E-state index in [9.17, 15) is 19.1 Å². The summed E-state index contributed by atoms with van der Waals surface area (Å²) in [6.07, 6.45) is 3.29. The fourth-order valence-electron chi connectivity index (χ4n) is 3.31. The molecule has 0 bridgehead atoms. The Kier molecular flexibility index (Phi) is 5.20. The van der Waals surface area contributed by atoms with Crippen LogP contribution in [0.2, 0.25) is 0 Å². The molecule has 1 aliphatic heterocycles. The summed E-state index contributed by atoms with van der Waals surface area (Å²) >= 11 is 0. The number of hydrogen-bond donors (Lipinski definition) is 2. The number of carboxylic acids is 1. The minimum absolute atomic E-state index is 0. The number of carbonyl (C=O) groups is 1. The number of anilines is 1. The van der Waals surface area contributed by atoms with Gasteiger partial charge in [-0.3, -0.25) is 4.79 Å². The predicted octanol–water partition coefficient (Wildman–Crippen LogP) is 1.20. The van der Waals surface area contributed by atoms with E-state index in [1.807, 2.05) is 9.47 Å². The molecule has 1 saturated carbocycles. The van der Waals surface area contributed by atoms with Gasteiger partial charge in [0.2, 0.25) is 5.43 Å². The van der Waals surface area contributed by atoms with Gasteiger partial charge in [-0.1, -0.05) is 0 Å². The fourth-order valence-corrected chi connectivity index (χ4v) is 3.31. The van der Waals surface area contributed by atoms with Crippen LogP contribution < -0.4 is 15.6 Å². The Morgan fingerprint density at radius 3 is 2.52 bits per heavy atom. The maximum absolute atomic E-state index is 14.6. The molecule has 0 atom stereocenters. The molecule has 2 fully saturated rings. The predicted molar refractivity (Wildman–Crippen MR) is 94.2 cm³/mol. The summed E-state index contributed by atoms with van der Waals surface area (Å²) in [4.78, 5) is 25.7. The summed E-state index contributed by atoms with van der Waals surface area (Å²) in [7, 11) is 0. The molecule has 4 rings (SSSR count). The van der Waals surface area contributed by atoms with Crippen LogP contribution in [0.1, 0.15) is 29.2 Å². The Bertz CT molecular complexity index is 889. The molecule has 1 aromatic carbocycles. The number of halogens is 1. The molecule has 6 nitrogen and oxygen atoms in total. The molecule has 25 heavy (non-hydrogen) atoms. The molecule has 2 N–H and O–H groups in total. The van der Waals surface area contributed by atoms with Crippen molar-refractivity contribution in [3.63, 3.8) is 0 Å². The first kappa shape index (κ1) is 18.4. The van der Waals surface area contributed by atoms with Gasteiger partial charge >= 0.3 is 5.97 Å². The van der Waals surface area contributed by atoms with E-state index in [0.29, 0.717) is 24.3 Å². The average Bonchev–Trinajstić information content (AvgIpc) is 3.40. The molecule has 0 unspecified atom stereocenters. The number of aromatic nitrogens is 1. The number of nitrogens with one attached hydrogen (secondary N) is 1. The topological polar surface area (TPSA) is 74.6 Å². The zero-order chi connectivity index (χ0) is 16.8. The summed E-state index contributed by atoms with van der Waals surface area (Å²) in [6.45, 7) is 2.96. The minimum atomic E-state index is -1.28. The van der Waals surface area contributed by atoms with Gasteiger partial charge < -0.3 is 19.9 Å². The number of piperazine rings is 1. The van der Waals surface area contributed by atoms with Crippen LogP contribution in [-0.4, -0.2) is 71.4 Å². The molecular weight excluding hydrogens is 336 g/mol. The molecule has 1 saturated heterocycles. The smallest absolute Gasteiger partial charge is 0.341 e. The van der Waals surface area contributed by atoms with Gasteiger partial charge in [0, 0.05) is 73.4 Å². The normalized spacial score (nSPS) is 17.4. The van der Waals surface area contributed by atoms with Crippen LogP contribution >= 0.6 is 0 Å². The third-order valence-electron chi connectivity index (χ3n) is 4.73. The summed E-state index contributed by atoms with van der Waals surface area (Å²) < 4.78 is 16.4. The van der Waals surface area contributed by atoms with Crippen molar-refractivity contribution in [3.05, 3.63) is 39.9 Å². The largest absolute Gasteiger partial charge is 0.477 e. The molecule has 0 amide bonds. The van der Waals surface area contributed by atoms with Crippen LogP contribution in [0.15, 0.2) is 23.1 Å². The second-order valence-corrected chi connectivity index (χ2v) is 6.37. The van der Waals surface area contributed by atoms with Crippen molar-refractivity contribution in [2.45, 2.75) is 18.9 Å². The van der Waals surface area contributed by atoms with Gasteiger partial charge in [-0.15, -0.1) is 0 Å². The van der Waals surface area contributed by atoms with E-state index in [-0.39, 0.29) is 46.5 Å². The number of aromatic carboxylic acids is 1. The number of hydrogen-bond acceptors (Lipinski definition) is 4. The average molecular weight is 354 g/mol. The van der Waals surface area contributed by atoms with E-state index in [0.717, 1.165) is 25.9 Å². The third kappa shape index (κ3) is 3.33.